The molecular formula is C5H10F2N6. The van der Waals surface area contributed by atoms with E-state index in [0.29, 0.717) is 0 Å². The van der Waals surface area contributed by atoms with Crippen LogP contribution in [0.5, 0.6) is 0 Å². The predicted molar refractivity (Wildman–Crippen MR) is 39.6 cm³/mol. The van der Waals surface area contributed by atoms with Gasteiger partial charge in [0, 0.05) is 6.42 Å². The van der Waals surface area contributed by atoms with Crippen LogP contribution in [0.2, 0.25) is 0 Å². The van der Waals surface area contributed by atoms with E-state index in [0.717, 1.165) is 0 Å². The van der Waals surface area contributed by atoms with Crippen LogP contribution in [0.3, 0.4) is 0 Å². The molecule has 0 saturated carbocycles. The SMILES string of the molecule is Cn1nnc(CC(NN)C(F)F)n1. The normalized spacial score (nSPS) is 13.6. The van der Waals surface area contributed by atoms with E-state index in [1.54, 1.807) is 7.05 Å². The van der Waals surface area contributed by atoms with Gasteiger partial charge < -0.3 is 0 Å². The summed E-state index contributed by atoms with van der Waals surface area (Å²) >= 11 is 0. The number of aryl methyl sites for hydroxylation is 1. The smallest absolute Gasteiger partial charge is 0.255 e. The summed E-state index contributed by atoms with van der Waals surface area (Å²) in [4.78, 5) is 1.20. The second kappa shape index (κ2) is 4.19. The van der Waals surface area contributed by atoms with Gasteiger partial charge in [-0.1, -0.05) is 0 Å². The van der Waals surface area contributed by atoms with Gasteiger partial charge in [-0.3, -0.25) is 11.3 Å². The van der Waals surface area contributed by atoms with Gasteiger partial charge in [-0.15, -0.1) is 10.2 Å². The monoisotopic (exact) mass is 192 g/mol. The molecule has 0 aliphatic heterocycles. The van der Waals surface area contributed by atoms with E-state index in [1.165, 1.54) is 4.80 Å². The van der Waals surface area contributed by atoms with E-state index in [4.69, 9.17) is 5.84 Å². The molecule has 3 N–H and O–H groups in total. The number of aromatic nitrogens is 4. The fourth-order valence-corrected chi connectivity index (χ4v) is 0.822. The van der Waals surface area contributed by atoms with Crippen molar-refractivity contribution in [1.29, 1.82) is 0 Å². The highest BCUT2D eigenvalue weighted by atomic mass is 19.3. The summed E-state index contributed by atoms with van der Waals surface area (Å²) in [6, 6.07) is -1.14. The lowest BCUT2D eigenvalue weighted by Crippen LogP contribution is -2.42. The lowest BCUT2D eigenvalue weighted by atomic mass is 10.2. The molecule has 8 heteroatoms. The molecule has 0 aromatic carbocycles. The number of alkyl halides is 2. The zero-order valence-electron chi connectivity index (χ0n) is 6.98. The van der Waals surface area contributed by atoms with Crippen LogP contribution in [0.1, 0.15) is 5.82 Å². The molecule has 13 heavy (non-hydrogen) atoms. The molecule has 0 aliphatic carbocycles. The molecule has 1 aromatic heterocycles. The Morgan fingerprint density at radius 3 is 2.69 bits per heavy atom. The number of tetrazole rings is 1. The second-order valence-corrected chi connectivity index (χ2v) is 2.51. The third-order valence-electron chi connectivity index (χ3n) is 1.47. The van der Waals surface area contributed by atoms with Gasteiger partial charge >= 0.3 is 0 Å². The molecular weight excluding hydrogens is 182 g/mol. The molecule has 0 saturated heterocycles. The average Bonchev–Trinajstić information content (AvgIpc) is 2.46. The Bertz CT molecular complexity index is 261. The van der Waals surface area contributed by atoms with Crippen LogP contribution >= 0.6 is 0 Å². The zero-order chi connectivity index (χ0) is 9.84. The van der Waals surface area contributed by atoms with Gasteiger partial charge in [0.25, 0.3) is 6.43 Å². The van der Waals surface area contributed by atoms with Crippen molar-refractivity contribution in [2.45, 2.75) is 18.9 Å². The minimum absolute atomic E-state index is 0.0397. The molecule has 1 heterocycles. The summed E-state index contributed by atoms with van der Waals surface area (Å²) in [5.41, 5.74) is 1.99. The van der Waals surface area contributed by atoms with E-state index >= 15 is 0 Å². The summed E-state index contributed by atoms with van der Waals surface area (Å²) in [6.45, 7) is 0. The molecule has 1 aromatic rings. The zero-order valence-corrected chi connectivity index (χ0v) is 6.98. The average molecular weight is 192 g/mol. The summed E-state index contributed by atoms with van der Waals surface area (Å²) in [5, 5.41) is 10.8. The van der Waals surface area contributed by atoms with Crippen LogP contribution in [-0.4, -0.2) is 32.7 Å². The first-order valence-electron chi connectivity index (χ1n) is 3.60. The highest BCUT2D eigenvalue weighted by Gasteiger charge is 2.21. The van der Waals surface area contributed by atoms with Crippen molar-refractivity contribution in [2.24, 2.45) is 12.9 Å². The van der Waals surface area contributed by atoms with Gasteiger partial charge in [-0.25, -0.2) is 8.78 Å². The van der Waals surface area contributed by atoms with Crippen molar-refractivity contribution in [1.82, 2.24) is 25.6 Å². The largest absolute Gasteiger partial charge is 0.271 e. The van der Waals surface area contributed by atoms with E-state index < -0.39 is 12.5 Å². The van der Waals surface area contributed by atoms with Crippen LogP contribution < -0.4 is 11.3 Å². The molecule has 1 rings (SSSR count). The minimum atomic E-state index is -2.55. The summed E-state index contributed by atoms with van der Waals surface area (Å²) < 4.78 is 24.3. The van der Waals surface area contributed by atoms with Crippen molar-refractivity contribution >= 4 is 0 Å². The number of hydrazine groups is 1. The van der Waals surface area contributed by atoms with Crippen molar-refractivity contribution in [3.63, 3.8) is 0 Å². The van der Waals surface area contributed by atoms with Crippen molar-refractivity contribution in [3.8, 4) is 0 Å². The van der Waals surface area contributed by atoms with E-state index in [2.05, 4.69) is 15.4 Å². The van der Waals surface area contributed by atoms with Gasteiger partial charge in [0.2, 0.25) is 0 Å². The number of nitrogens with one attached hydrogen (secondary N) is 1. The maximum Gasteiger partial charge on any atom is 0.255 e. The summed E-state index contributed by atoms with van der Waals surface area (Å²) in [5.74, 6) is 5.16. The molecule has 1 unspecified atom stereocenters. The first kappa shape index (κ1) is 9.93. The maximum absolute atomic E-state index is 12.2. The molecule has 74 valence electrons. The number of nitrogens with zero attached hydrogens (tertiary/aromatic N) is 4. The maximum atomic E-state index is 12.2. The Balaban J connectivity index is 2.56. The van der Waals surface area contributed by atoms with Crippen molar-refractivity contribution in [3.05, 3.63) is 5.82 Å². The highest BCUT2D eigenvalue weighted by molar-refractivity contribution is 4.84. The van der Waals surface area contributed by atoms with E-state index in [1.807, 2.05) is 5.43 Å². The van der Waals surface area contributed by atoms with Crippen molar-refractivity contribution in [2.75, 3.05) is 0 Å². The molecule has 1 atom stereocenters. The van der Waals surface area contributed by atoms with Crippen LogP contribution in [0.4, 0.5) is 8.78 Å². The summed E-state index contributed by atoms with van der Waals surface area (Å²) in [6.07, 6.45) is -2.59. The first-order valence-corrected chi connectivity index (χ1v) is 3.60. The predicted octanol–water partition coefficient (Wildman–Crippen LogP) is -1.15. The third-order valence-corrected chi connectivity index (χ3v) is 1.47. The number of hydrogen-bond donors (Lipinski definition) is 2. The quantitative estimate of drug-likeness (QED) is 0.465. The van der Waals surface area contributed by atoms with Crippen LogP contribution in [0.25, 0.3) is 0 Å². The molecule has 0 aliphatic rings. The number of nitrogens with two attached hydrogens (primary N) is 1. The third kappa shape index (κ3) is 2.67. The van der Waals surface area contributed by atoms with Crippen molar-refractivity contribution < 1.29 is 8.78 Å². The topological polar surface area (TPSA) is 81.7 Å². The summed E-state index contributed by atoms with van der Waals surface area (Å²) in [7, 11) is 1.56. The Morgan fingerprint density at radius 2 is 2.31 bits per heavy atom. The Hall–Kier alpha value is -1.15. The number of halogens is 2. The van der Waals surface area contributed by atoms with Crippen LogP contribution in [0.15, 0.2) is 0 Å². The Morgan fingerprint density at radius 1 is 1.62 bits per heavy atom. The van der Waals surface area contributed by atoms with Gasteiger partial charge in [0.05, 0.1) is 13.1 Å². The molecule has 0 fully saturated rings. The fourth-order valence-electron chi connectivity index (χ4n) is 0.822. The Labute approximate surface area is 73.1 Å². The fraction of sp³-hybridized carbons (Fsp3) is 0.800. The second-order valence-electron chi connectivity index (χ2n) is 2.51. The first-order chi connectivity index (χ1) is 6.13. The van der Waals surface area contributed by atoms with Gasteiger partial charge in [0.1, 0.15) is 0 Å². The molecule has 0 radical (unpaired) electrons. The molecule has 0 spiro atoms. The van der Waals surface area contributed by atoms with Gasteiger partial charge in [0.15, 0.2) is 5.82 Å². The Kier molecular flexibility index (Phi) is 3.20. The van der Waals surface area contributed by atoms with Gasteiger partial charge in [-0.05, 0) is 5.21 Å². The lowest BCUT2D eigenvalue weighted by molar-refractivity contribution is 0.0974. The van der Waals surface area contributed by atoms with Crippen LogP contribution in [-0.2, 0) is 13.5 Å². The highest BCUT2D eigenvalue weighted by Crippen LogP contribution is 2.04. The molecule has 0 bridgehead atoms. The lowest BCUT2D eigenvalue weighted by Gasteiger charge is -2.11. The van der Waals surface area contributed by atoms with E-state index in [-0.39, 0.29) is 12.2 Å². The van der Waals surface area contributed by atoms with Crippen LogP contribution in [0, 0.1) is 0 Å². The van der Waals surface area contributed by atoms with E-state index in [9.17, 15) is 8.78 Å². The number of hydrogen-bond acceptors (Lipinski definition) is 5. The number of rotatable bonds is 4. The standard InChI is InChI=1S/C5H10F2N6/c1-13-11-4(10-12-13)2-3(9-8)5(6)7/h3,5,9H,2,8H2,1H3. The molecule has 0 amide bonds. The molecule has 6 nitrogen and oxygen atoms in total. The minimum Gasteiger partial charge on any atom is -0.271 e. The van der Waals surface area contributed by atoms with Gasteiger partial charge in [-0.2, -0.15) is 4.80 Å².